The van der Waals surface area contributed by atoms with E-state index in [4.69, 9.17) is 4.74 Å². The molecule has 31 heavy (non-hydrogen) atoms. The quantitative estimate of drug-likeness (QED) is 0.563. The van der Waals surface area contributed by atoms with E-state index in [1.165, 1.54) is 11.4 Å². The van der Waals surface area contributed by atoms with Crippen LogP contribution in [0, 0.1) is 5.82 Å². The third kappa shape index (κ3) is 5.43. The minimum atomic E-state index is -3.91. The molecule has 1 atom stereocenters. The van der Waals surface area contributed by atoms with Gasteiger partial charge in [0.05, 0.1) is 17.3 Å². The molecule has 0 spiro atoms. The summed E-state index contributed by atoms with van der Waals surface area (Å²) in [5.74, 6) is -0.151. The average molecular weight is 471 g/mol. The smallest absolute Gasteiger partial charge is 0.242 e. The molecule has 170 valence electrons. The molecular formula is C21H27FN2O5S2. The lowest BCUT2D eigenvalue weighted by atomic mass is 10.1. The molecule has 3 rings (SSSR count). The normalized spacial score (nSPS) is 17.9. The number of hydrogen-bond acceptors (Lipinski definition) is 5. The van der Waals surface area contributed by atoms with Crippen LogP contribution in [0.25, 0.3) is 0 Å². The molecule has 2 aromatic carbocycles. The molecule has 0 aliphatic carbocycles. The van der Waals surface area contributed by atoms with E-state index in [1.807, 2.05) is 31.2 Å². The van der Waals surface area contributed by atoms with Crippen LogP contribution in [-0.2, 0) is 20.0 Å². The fourth-order valence-electron chi connectivity index (χ4n) is 3.63. The molecule has 0 bridgehead atoms. The first kappa shape index (κ1) is 23.6. The summed E-state index contributed by atoms with van der Waals surface area (Å²) in [4.78, 5) is -0.0813. The van der Waals surface area contributed by atoms with Crippen LogP contribution in [0.1, 0.15) is 31.4 Å². The standard InChI is InChI=1S/C21H27FN2O5S2/c1-3-29-19-10-6-17(7-11-19)21-5-4-14-24(21)30(25,26)16-15-23(2)31(27,28)20-12-8-18(22)9-13-20/h6-13,21H,3-5,14-16H2,1-2H3/t21-/m1/s1. The lowest BCUT2D eigenvalue weighted by Crippen LogP contribution is -2.38. The van der Waals surface area contributed by atoms with Crippen molar-refractivity contribution in [2.75, 3.05) is 32.5 Å². The number of benzene rings is 2. The van der Waals surface area contributed by atoms with Gasteiger partial charge in [0.25, 0.3) is 0 Å². The molecule has 0 saturated carbocycles. The Morgan fingerprint density at radius 1 is 1.06 bits per heavy atom. The number of halogens is 1. The molecule has 1 fully saturated rings. The van der Waals surface area contributed by atoms with Gasteiger partial charge in [0.15, 0.2) is 0 Å². The highest BCUT2D eigenvalue weighted by atomic mass is 32.2. The third-order valence-electron chi connectivity index (χ3n) is 5.32. The predicted molar refractivity (Wildman–Crippen MR) is 116 cm³/mol. The number of nitrogens with zero attached hydrogens (tertiary/aromatic N) is 2. The molecule has 1 saturated heterocycles. The van der Waals surface area contributed by atoms with E-state index < -0.39 is 25.9 Å². The second kappa shape index (κ2) is 9.64. The summed E-state index contributed by atoms with van der Waals surface area (Å²) < 4.78 is 72.3. The van der Waals surface area contributed by atoms with Gasteiger partial charge in [-0.3, -0.25) is 0 Å². The van der Waals surface area contributed by atoms with Gasteiger partial charge in [-0.2, -0.15) is 8.61 Å². The minimum Gasteiger partial charge on any atom is -0.494 e. The highest BCUT2D eigenvalue weighted by Gasteiger charge is 2.35. The maximum atomic E-state index is 13.1. The maximum absolute atomic E-state index is 13.1. The molecule has 10 heteroatoms. The summed E-state index contributed by atoms with van der Waals surface area (Å²) in [6.07, 6.45) is 1.44. The summed E-state index contributed by atoms with van der Waals surface area (Å²) in [6, 6.07) is 11.6. The van der Waals surface area contributed by atoms with E-state index in [0.717, 1.165) is 46.3 Å². The molecule has 7 nitrogen and oxygen atoms in total. The number of hydrogen-bond donors (Lipinski definition) is 0. The fraction of sp³-hybridized carbons (Fsp3) is 0.429. The minimum absolute atomic E-state index is 0.0813. The number of ether oxygens (including phenoxy) is 1. The van der Waals surface area contributed by atoms with Crippen LogP contribution in [0.2, 0.25) is 0 Å². The Balaban J connectivity index is 1.70. The molecule has 0 radical (unpaired) electrons. The van der Waals surface area contributed by atoms with Gasteiger partial charge in [-0.15, -0.1) is 0 Å². The van der Waals surface area contributed by atoms with Gasteiger partial charge in [0.1, 0.15) is 11.6 Å². The van der Waals surface area contributed by atoms with Crippen molar-refractivity contribution in [3.63, 3.8) is 0 Å². The highest BCUT2D eigenvalue weighted by Crippen LogP contribution is 2.35. The summed E-state index contributed by atoms with van der Waals surface area (Å²) in [5.41, 5.74) is 0.886. The molecule has 0 unspecified atom stereocenters. The van der Waals surface area contributed by atoms with Gasteiger partial charge in [-0.25, -0.2) is 21.2 Å². The first-order valence-corrected chi connectivity index (χ1v) is 13.1. The van der Waals surface area contributed by atoms with Gasteiger partial charge >= 0.3 is 0 Å². The van der Waals surface area contributed by atoms with Crippen LogP contribution in [0.4, 0.5) is 4.39 Å². The van der Waals surface area contributed by atoms with Crippen LogP contribution in [0.3, 0.4) is 0 Å². The second-order valence-electron chi connectivity index (χ2n) is 7.37. The average Bonchev–Trinajstić information content (AvgIpc) is 3.24. The van der Waals surface area contributed by atoms with Crippen LogP contribution >= 0.6 is 0 Å². The molecule has 0 amide bonds. The lowest BCUT2D eigenvalue weighted by Gasteiger charge is -2.26. The van der Waals surface area contributed by atoms with E-state index in [1.54, 1.807) is 0 Å². The molecule has 0 N–H and O–H groups in total. The number of rotatable bonds is 9. The molecule has 1 heterocycles. The van der Waals surface area contributed by atoms with E-state index in [0.29, 0.717) is 19.6 Å². The van der Waals surface area contributed by atoms with Crippen LogP contribution in [-0.4, -0.2) is 57.9 Å². The van der Waals surface area contributed by atoms with Crippen LogP contribution in [0.5, 0.6) is 5.75 Å². The van der Waals surface area contributed by atoms with Gasteiger partial charge < -0.3 is 4.74 Å². The second-order valence-corrected chi connectivity index (χ2v) is 11.5. The van der Waals surface area contributed by atoms with E-state index in [-0.39, 0.29) is 23.2 Å². The van der Waals surface area contributed by atoms with Crippen LogP contribution in [0.15, 0.2) is 53.4 Å². The SMILES string of the molecule is CCOc1ccc([C@H]2CCCN2S(=O)(=O)CCN(C)S(=O)(=O)c2ccc(F)cc2)cc1. The van der Waals surface area contributed by atoms with Gasteiger partial charge in [0, 0.05) is 26.2 Å². The Kier molecular flexibility index (Phi) is 7.35. The first-order chi connectivity index (χ1) is 14.6. The maximum Gasteiger partial charge on any atom is 0.242 e. The zero-order valence-corrected chi connectivity index (χ0v) is 19.2. The molecule has 2 aromatic rings. The summed E-state index contributed by atoms with van der Waals surface area (Å²) >= 11 is 0. The Labute approximate surface area is 183 Å². The van der Waals surface area contributed by atoms with Crippen LogP contribution < -0.4 is 4.74 Å². The monoisotopic (exact) mass is 470 g/mol. The van der Waals surface area contributed by atoms with Crippen molar-refractivity contribution in [2.45, 2.75) is 30.7 Å². The van der Waals surface area contributed by atoms with Crippen molar-refractivity contribution in [2.24, 2.45) is 0 Å². The van der Waals surface area contributed by atoms with Crippen molar-refractivity contribution in [3.05, 3.63) is 59.9 Å². The fourth-order valence-corrected chi connectivity index (χ4v) is 6.68. The Bertz CT molecular complexity index is 1090. The molecular weight excluding hydrogens is 443 g/mol. The predicted octanol–water partition coefficient (Wildman–Crippen LogP) is 3.01. The van der Waals surface area contributed by atoms with Crippen molar-refractivity contribution < 1.29 is 26.0 Å². The van der Waals surface area contributed by atoms with Crippen molar-refractivity contribution >= 4 is 20.0 Å². The zero-order chi connectivity index (χ0) is 22.6. The largest absolute Gasteiger partial charge is 0.494 e. The summed E-state index contributed by atoms with van der Waals surface area (Å²) in [7, 11) is -6.27. The summed E-state index contributed by atoms with van der Waals surface area (Å²) in [5, 5.41) is 0. The lowest BCUT2D eigenvalue weighted by molar-refractivity contribution is 0.339. The van der Waals surface area contributed by atoms with E-state index in [2.05, 4.69) is 0 Å². The molecule has 1 aliphatic rings. The van der Waals surface area contributed by atoms with Crippen molar-refractivity contribution in [1.82, 2.24) is 8.61 Å². The first-order valence-electron chi connectivity index (χ1n) is 10.1. The third-order valence-corrected chi connectivity index (χ3v) is 9.04. The zero-order valence-electron chi connectivity index (χ0n) is 17.6. The van der Waals surface area contributed by atoms with Crippen molar-refractivity contribution in [1.29, 1.82) is 0 Å². The van der Waals surface area contributed by atoms with Crippen molar-refractivity contribution in [3.8, 4) is 5.75 Å². The Hall–Kier alpha value is -2.01. The van der Waals surface area contributed by atoms with Gasteiger partial charge in [0.2, 0.25) is 20.0 Å². The highest BCUT2D eigenvalue weighted by molar-refractivity contribution is 7.90. The van der Waals surface area contributed by atoms with Gasteiger partial charge in [-0.05, 0) is 61.7 Å². The Morgan fingerprint density at radius 2 is 1.71 bits per heavy atom. The van der Waals surface area contributed by atoms with E-state index >= 15 is 0 Å². The van der Waals surface area contributed by atoms with Gasteiger partial charge in [-0.1, -0.05) is 12.1 Å². The topological polar surface area (TPSA) is 84.0 Å². The van der Waals surface area contributed by atoms with E-state index in [9.17, 15) is 21.2 Å². The molecule has 0 aromatic heterocycles. The summed E-state index contributed by atoms with van der Waals surface area (Å²) in [6.45, 7) is 2.65. The Morgan fingerprint density at radius 3 is 2.32 bits per heavy atom. The molecule has 1 aliphatic heterocycles. The number of sulfonamides is 2.